The van der Waals surface area contributed by atoms with E-state index in [1.807, 2.05) is 13.8 Å². The highest BCUT2D eigenvalue weighted by molar-refractivity contribution is 7.57. The van der Waals surface area contributed by atoms with Gasteiger partial charge in [0.1, 0.15) is 5.60 Å². The van der Waals surface area contributed by atoms with Crippen molar-refractivity contribution in [1.29, 1.82) is 0 Å². The molecule has 0 fully saturated rings. The van der Waals surface area contributed by atoms with Crippen LogP contribution in [0.1, 0.15) is 20.8 Å². The molecule has 0 aliphatic heterocycles. The van der Waals surface area contributed by atoms with E-state index in [0.717, 1.165) is 0 Å². The lowest BCUT2D eigenvalue weighted by molar-refractivity contribution is 0.0110. The lowest BCUT2D eigenvalue weighted by Crippen LogP contribution is -2.24. The Bertz CT molecular complexity index is 267. The number of rotatable bonds is 5. The molecule has 0 rings (SSSR count). The second-order valence-corrected chi connectivity index (χ2v) is 6.58. The van der Waals surface area contributed by atoms with Crippen LogP contribution >= 0.6 is 7.37 Å². The minimum Gasteiger partial charge on any atom is -0.361 e. The third-order valence-corrected chi connectivity index (χ3v) is 2.18. The highest BCUT2D eigenvalue weighted by Crippen LogP contribution is 2.36. The van der Waals surface area contributed by atoms with Crippen molar-refractivity contribution in [2.75, 3.05) is 26.5 Å². The smallest absolute Gasteiger partial charge is 0.197 e. The van der Waals surface area contributed by atoms with E-state index in [-0.39, 0.29) is 0 Å². The van der Waals surface area contributed by atoms with Crippen LogP contribution in [0.15, 0.2) is 0 Å². The molecule has 0 aromatic heterocycles. The minimum atomic E-state index is -2.38. The molecule has 0 unspecified atom stereocenters. The molecule has 82 valence electrons. The molecule has 0 heterocycles. The van der Waals surface area contributed by atoms with E-state index in [1.54, 1.807) is 20.3 Å². The summed E-state index contributed by atoms with van der Waals surface area (Å²) in [5, 5.41) is 0. The van der Waals surface area contributed by atoms with Crippen molar-refractivity contribution in [3.63, 3.8) is 0 Å². The van der Waals surface area contributed by atoms with Crippen LogP contribution in [-0.2, 0) is 13.8 Å². The van der Waals surface area contributed by atoms with Crippen molar-refractivity contribution in [2.45, 2.75) is 26.4 Å². The molecule has 0 aliphatic carbocycles. The molecule has 0 N–H and O–H groups in total. The summed E-state index contributed by atoms with van der Waals surface area (Å²) in [6.07, 6.45) is 0. The maximum Gasteiger partial charge on any atom is 0.197 e. The Balaban J connectivity index is 3.73. The third kappa shape index (κ3) is 8.31. The third-order valence-electron chi connectivity index (χ3n) is 1.37. The molecule has 14 heavy (non-hydrogen) atoms. The van der Waals surface area contributed by atoms with Gasteiger partial charge in [0.15, 0.2) is 7.37 Å². The fourth-order valence-electron chi connectivity index (χ4n) is 0.891. The number of ether oxygens (including phenoxy) is 1. The van der Waals surface area contributed by atoms with Crippen molar-refractivity contribution in [3.05, 3.63) is 0 Å². The van der Waals surface area contributed by atoms with Crippen LogP contribution in [0.5, 0.6) is 0 Å². The van der Waals surface area contributed by atoms with Gasteiger partial charge < -0.3 is 9.26 Å². The predicted molar refractivity (Wildman–Crippen MR) is 58.9 cm³/mol. The van der Waals surface area contributed by atoms with Gasteiger partial charge in [-0.15, -0.1) is 5.92 Å². The van der Waals surface area contributed by atoms with Gasteiger partial charge >= 0.3 is 0 Å². The number of hydrogen-bond acceptors (Lipinski definition) is 3. The molecular weight excluding hydrogens is 199 g/mol. The van der Waals surface area contributed by atoms with Gasteiger partial charge in [-0.25, -0.2) is 0 Å². The molecule has 0 aliphatic rings. The molecule has 0 amide bonds. The first-order valence-corrected chi connectivity index (χ1v) is 7.06. The molecular formula is C10H19O3P. The van der Waals surface area contributed by atoms with Crippen LogP contribution < -0.4 is 0 Å². The highest BCUT2D eigenvalue weighted by atomic mass is 31.2. The van der Waals surface area contributed by atoms with Gasteiger partial charge in [0.25, 0.3) is 0 Å². The van der Waals surface area contributed by atoms with Gasteiger partial charge in [-0.05, 0) is 20.8 Å². The van der Waals surface area contributed by atoms with E-state index < -0.39 is 13.0 Å². The Morgan fingerprint density at radius 2 is 1.86 bits per heavy atom. The van der Waals surface area contributed by atoms with Crippen molar-refractivity contribution < 1.29 is 13.8 Å². The molecule has 0 spiro atoms. The van der Waals surface area contributed by atoms with E-state index in [2.05, 4.69) is 11.8 Å². The van der Waals surface area contributed by atoms with Gasteiger partial charge in [0, 0.05) is 13.3 Å². The molecule has 4 heteroatoms. The van der Waals surface area contributed by atoms with E-state index in [0.29, 0.717) is 13.2 Å². The first-order valence-electron chi connectivity index (χ1n) is 4.54. The first-order chi connectivity index (χ1) is 6.27. The Labute approximate surface area is 86.6 Å². The first kappa shape index (κ1) is 13.7. The standard InChI is InChI=1S/C10H19O3P/c1-6-7-10(2,3)12-8-9-13-14(4,5)11/h8-9H2,1-5H3. The molecule has 0 saturated heterocycles. The zero-order valence-corrected chi connectivity index (χ0v) is 10.5. The summed E-state index contributed by atoms with van der Waals surface area (Å²) in [6, 6.07) is 0. The topological polar surface area (TPSA) is 35.5 Å². The normalized spacial score (nSPS) is 12.1. The fraction of sp³-hybridized carbons (Fsp3) is 0.800. The summed E-state index contributed by atoms with van der Waals surface area (Å²) in [6.45, 7) is 9.48. The minimum absolute atomic E-state index is 0.346. The Morgan fingerprint density at radius 1 is 1.29 bits per heavy atom. The molecule has 0 radical (unpaired) electrons. The molecule has 0 bridgehead atoms. The lowest BCUT2D eigenvalue weighted by atomic mass is 10.1. The Morgan fingerprint density at radius 3 is 2.29 bits per heavy atom. The Hall–Kier alpha value is -0.290. The molecule has 0 aromatic rings. The average Bonchev–Trinajstić information content (AvgIpc) is 1.96. The summed E-state index contributed by atoms with van der Waals surface area (Å²) >= 11 is 0. The van der Waals surface area contributed by atoms with E-state index >= 15 is 0 Å². The van der Waals surface area contributed by atoms with Crippen molar-refractivity contribution in [1.82, 2.24) is 0 Å². The van der Waals surface area contributed by atoms with Crippen LogP contribution in [0.3, 0.4) is 0 Å². The molecule has 0 aromatic carbocycles. The molecule has 0 atom stereocenters. The second kappa shape index (κ2) is 5.56. The summed E-state index contributed by atoms with van der Waals surface area (Å²) in [4.78, 5) is 0. The van der Waals surface area contributed by atoms with Gasteiger partial charge in [-0.1, -0.05) is 5.92 Å². The van der Waals surface area contributed by atoms with Gasteiger partial charge in [-0.2, -0.15) is 0 Å². The van der Waals surface area contributed by atoms with Crippen LogP contribution in [0.25, 0.3) is 0 Å². The Kier molecular flexibility index (Phi) is 5.44. The van der Waals surface area contributed by atoms with E-state index in [4.69, 9.17) is 9.26 Å². The SMILES string of the molecule is CC#CC(C)(C)OCCOP(C)(C)=O. The van der Waals surface area contributed by atoms with Crippen LogP contribution in [0.2, 0.25) is 0 Å². The summed E-state index contributed by atoms with van der Waals surface area (Å²) in [7, 11) is -2.38. The fourth-order valence-corrected chi connectivity index (χ4v) is 1.41. The van der Waals surface area contributed by atoms with E-state index in [1.165, 1.54) is 0 Å². The van der Waals surface area contributed by atoms with Crippen LogP contribution in [0.4, 0.5) is 0 Å². The summed E-state index contributed by atoms with van der Waals surface area (Å²) in [5.41, 5.74) is -0.455. The maximum absolute atomic E-state index is 11.2. The quantitative estimate of drug-likeness (QED) is 0.403. The van der Waals surface area contributed by atoms with Gasteiger partial charge in [0.05, 0.1) is 13.2 Å². The predicted octanol–water partition coefficient (Wildman–Crippen LogP) is 2.36. The van der Waals surface area contributed by atoms with E-state index in [9.17, 15) is 4.57 Å². The monoisotopic (exact) mass is 218 g/mol. The second-order valence-electron chi connectivity index (χ2n) is 3.82. The maximum atomic E-state index is 11.2. The van der Waals surface area contributed by atoms with Crippen molar-refractivity contribution >= 4 is 7.37 Å². The summed E-state index contributed by atoms with van der Waals surface area (Å²) in [5.74, 6) is 5.72. The summed E-state index contributed by atoms with van der Waals surface area (Å²) < 4.78 is 21.7. The van der Waals surface area contributed by atoms with Crippen molar-refractivity contribution in [2.24, 2.45) is 0 Å². The van der Waals surface area contributed by atoms with Crippen molar-refractivity contribution in [3.8, 4) is 11.8 Å². The zero-order chi connectivity index (χ0) is 11.2. The molecule has 3 nitrogen and oxygen atoms in total. The molecule has 0 saturated carbocycles. The highest BCUT2D eigenvalue weighted by Gasteiger charge is 2.14. The zero-order valence-electron chi connectivity index (χ0n) is 9.59. The van der Waals surface area contributed by atoms with Crippen LogP contribution in [-0.4, -0.2) is 32.1 Å². The lowest BCUT2D eigenvalue weighted by Gasteiger charge is -2.19. The van der Waals surface area contributed by atoms with Crippen LogP contribution in [0, 0.1) is 11.8 Å². The van der Waals surface area contributed by atoms with Gasteiger partial charge in [0.2, 0.25) is 0 Å². The van der Waals surface area contributed by atoms with Gasteiger partial charge in [-0.3, -0.25) is 4.57 Å². The number of hydrogen-bond donors (Lipinski definition) is 0. The average molecular weight is 218 g/mol. The largest absolute Gasteiger partial charge is 0.361 e.